The third-order valence-corrected chi connectivity index (χ3v) is 4.12. The fraction of sp³-hybridized carbons (Fsp3) is 0.235. The second kappa shape index (κ2) is 6.27. The number of non-ortho nitro benzene ring substituents is 1. The number of benzene rings is 2. The first-order chi connectivity index (χ1) is 11.5. The Morgan fingerprint density at radius 3 is 2.58 bits per heavy atom. The molecule has 0 heterocycles. The number of nitrogens with zero attached hydrogens (tertiary/aromatic N) is 1. The molecule has 124 valence electrons. The summed E-state index contributed by atoms with van der Waals surface area (Å²) in [6, 6.07) is 10.6. The third-order valence-electron chi connectivity index (χ3n) is 4.12. The van der Waals surface area contributed by atoms with E-state index in [-0.39, 0.29) is 34.9 Å². The van der Waals surface area contributed by atoms with Gasteiger partial charge >= 0.3 is 0 Å². The van der Waals surface area contributed by atoms with Crippen LogP contribution in [0.5, 0.6) is 0 Å². The number of hydrogen-bond acceptors (Lipinski definition) is 4. The van der Waals surface area contributed by atoms with E-state index in [0.29, 0.717) is 5.69 Å². The summed E-state index contributed by atoms with van der Waals surface area (Å²) in [5, 5.41) is 16.6. The summed E-state index contributed by atoms with van der Waals surface area (Å²) in [5.41, 5.74) is 1.67. The molecule has 0 spiro atoms. The normalized spacial score (nSPS) is 18.8. The Morgan fingerprint density at radius 2 is 1.96 bits per heavy atom. The summed E-state index contributed by atoms with van der Waals surface area (Å²) in [6.07, 6.45) is 0.857. The fourth-order valence-electron chi connectivity index (χ4n) is 2.73. The van der Waals surface area contributed by atoms with Crippen LogP contribution in [0.15, 0.2) is 42.5 Å². The van der Waals surface area contributed by atoms with Crippen molar-refractivity contribution in [3.8, 4) is 0 Å². The van der Waals surface area contributed by atoms with Gasteiger partial charge in [-0.25, -0.2) is 4.39 Å². The topological polar surface area (TPSA) is 84.3 Å². The average molecular weight is 329 g/mol. The second-order valence-electron chi connectivity index (χ2n) is 5.71. The molecular formula is C17H16FN3O3. The summed E-state index contributed by atoms with van der Waals surface area (Å²) in [4.78, 5) is 22.3. The predicted octanol–water partition coefficient (Wildman–Crippen LogP) is 3.06. The van der Waals surface area contributed by atoms with Gasteiger partial charge in [-0.05, 0) is 30.2 Å². The summed E-state index contributed by atoms with van der Waals surface area (Å²) in [5.74, 6) is -0.431. The van der Waals surface area contributed by atoms with E-state index in [0.717, 1.165) is 12.0 Å². The van der Waals surface area contributed by atoms with Crippen LogP contribution in [-0.4, -0.2) is 23.9 Å². The van der Waals surface area contributed by atoms with Crippen molar-refractivity contribution in [2.45, 2.75) is 18.4 Å². The van der Waals surface area contributed by atoms with E-state index >= 15 is 0 Å². The number of nitro groups is 1. The van der Waals surface area contributed by atoms with Crippen molar-refractivity contribution >= 4 is 17.3 Å². The highest BCUT2D eigenvalue weighted by Crippen LogP contribution is 2.43. The van der Waals surface area contributed by atoms with Gasteiger partial charge in [-0.2, -0.15) is 0 Å². The molecule has 0 bridgehead atoms. The van der Waals surface area contributed by atoms with E-state index in [1.165, 1.54) is 31.3 Å². The lowest BCUT2D eigenvalue weighted by Crippen LogP contribution is -2.20. The van der Waals surface area contributed by atoms with Crippen molar-refractivity contribution in [2.24, 2.45) is 0 Å². The van der Waals surface area contributed by atoms with Crippen LogP contribution in [0.2, 0.25) is 0 Å². The lowest BCUT2D eigenvalue weighted by Gasteiger charge is -2.11. The van der Waals surface area contributed by atoms with Gasteiger partial charge in [-0.3, -0.25) is 14.9 Å². The lowest BCUT2D eigenvalue weighted by atomic mass is 10.1. The minimum absolute atomic E-state index is 0.111. The number of amides is 1. The van der Waals surface area contributed by atoms with Gasteiger partial charge in [0.1, 0.15) is 5.82 Å². The molecule has 2 aromatic rings. The molecular weight excluding hydrogens is 313 g/mol. The standard InChI is InChI=1S/C17H16FN3O3/c1-19-17(22)14-8-12(21(23)24)6-7-15(14)20-16-9-13(16)10-2-4-11(18)5-3-10/h2-8,13,16,20H,9H2,1H3,(H,19,22)/t13-,16+/m0/s1. The van der Waals surface area contributed by atoms with E-state index < -0.39 is 4.92 Å². The van der Waals surface area contributed by atoms with Crippen molar-refractivity contribution in [3.63, 3.8) is 0 Å². The quantitative estimate of drug-likeness (QED) is 0.652. The Hall–Kier alpha value is -2.96. The van der Waals surface area contributed by atoms with Gasteiger partial charge in [0.05, 0.1) is 10.5 Å². The highest BCUT2D eigenvalue weighted by atomic mass is 19.1. The van der Waals surface area contributed by atoms with Gasteiger partial charge in [0.15, 0.2) is 0 Å². The van der Waals surface area contributed by atoms with Gasteiger partial charge in [-0.15, -0.1) is 0 Å². The minimum Gasteiger partial charge on any atom is -0.381 e. The van der Waals surface area contributed by atoms with Gasteiger partial charge in [0.25, 0.3) is 11.6 Å². The van der Waals surface area contributed by atoms with Crippen molar-refractivity contribution in [1.29, 1.82) is 0 Å². The van der Waals surface area contributed by atoms with Crippen LogP contribution in [0.4, 0.5) is 15.8 Å². The minimum atomic E-state index is -0.533. The van der Waals surface area contributed by atoms with E-state index in [1.807, 2.05) is 0 Å². The highest BCUT2D eigenvalue weighted by Gasteiger charge is 2.39. The second-order valence-corrected chi connectivity index (χ2v) is 5.71. The maximum atomic E-state index is 13.0. The molecule has 1 amide bonds. The molecule has 0 saturated heterocycles. The van der Waals surface area contributed by atoms with Crippen molar-refractivity contribution in [2.75, 3.05) is 12.4 Å². The maximum Gasteiger partial charge on any atom is 0.270 e. The first-order valence-corrected chi connectivity index (χ1v) is 7.52. The van der Waals surface area contributed by atoms with Crippen molar-refractivity contribution in [1.82, 2.24) is 5.32 Å². The van der Waals surface area contributed by atoms with Crippen LogP contribution in [0, 0.1) is 15.9 Å². The highest BCUT2D eigenvalue weighted by molar-refractivity contribution is 6.00. The van der Waals surface area contributed by atoms with E-state index in [1.54, 1.807) is 18.2 Å². The molecule has 0 radical (unpaired) electrons. The molecule has 1 aliphatic rings. The SMILES string of the molecule is CNC(=O)c1cc([N+](=O)[O-])ccc1N[C@@H]1C[C@H]1c1ccc(F)cc1. The van der Waals surface area contributed by atoms with Crippen LogP contribution in [-0.2, 0) is 0 Å². The third kappa shape index (κ3) is 3.19. The molecule has 3 rings (SSSR count). The Labute approximate surface area is 137 Å². The molecule has 2 atom stereocenters. The molecule has 2 aromatic carbocycles. The zero-order valence-corrected chi connectivity index (χ0v) is 13.0. The van der Waals surface area contributed by atoms with Crippen LogP contribution in [0.3, 0.4) is 0 Å². The lowest BCUT2D eigenvalue weighted by molar-refractivity contribution is -0.384. The number of carbonyl (C=O) groups excluding carboxylic acids is 1. The van der Waals surface area contributed by atoms with Gasteiger partial charge < -0.3 is 10.6 Å². The number of halogens is 1. The molecule has 1 fully saturated rings. The number of rotatable bonds is 5. The maximum absolute atomic E-state index is 13.0. The van der Waals surface area contributed by atoms with Crippen molar-refractivity contribution in [3.05, 3.63) is 69.5 Å². The molecule has 0 aromatic heterocycles. The molecule has 24 heavy (non-hydrogen) atoms. The largest absolute Gasteiger partial charge is 0.381 e. The summed E-state index contributed by atoms with van der Waals surface area (Å²) < 4.78 is 13.0. The average Bonchev–Trinajstić information content (AvgIpc) is 3.34. The number of nitro benzene ring substituents is 1. The Morgan fingerprint density at radius 1 is 1.25 bits per heavy atom. The first kappa shape index (κ1) is 15.9. The van der Waals surface area contributed by atoms with Crippen molar-refractivity contribution < 1.29 is 14.1 Å². The van der Waals surface area contributed by atoms with E-state index in [9.17, 15) is 19.3 Å². The number of anilines is 1. The van der Waals surface area contributed by atoms with Crippen LogP contribution in [0.1, 0.15) is 28.3 Å². The first-order valence-electron chi connectivity index (χ1n) is 7.52. The molecule has 6 nitrogen and oxygen atoms in total. The molecule has 7 heteroatoms. The number of nitrogens with one attached hydrogen (secondary N) is 2. The smallest absolute Gasteiger partial charge is 0.270 e. The van der Waals surface area contributed by atoms with Gasteiger partial charge in [0, 0.05) is 36.8 Å². The van der Waals surface area contributed by atoms with Crippen LogP contribution >= 0.6 is 0 Å². The number of hydrogen-bond donors (Lipinski definition) is 2. The van der Waals surface area contributed by atoms with Gasteiger partial charge in [0.2, 0.25) is 0 Å². The summed E-state index contributed by atoms with van der Waals surface area (Å²) >= 11 is 0. The number of carbonyl (C=O) groups is 1. The van der Waals surface area contributed by atoms with Crippen LogP contribution < -0.4 is 10.6 Å². The van der Waals surface area contributed by atoms with Crippen LogP contribution in [0.25, 0.3) is 0 Å². The molecule has 0 aliphatic heterocycles. The van der Waals surface area contributed by atoms with E-state index in [4.69, 9.17) is 0 Å². The zero-order valence-electron chi connectivity index (χ0n) is 13.0. The molecule has 2 N–H and O–H groups in total. The molecule has 0 unspecified atom stereocenters. The zero-order chi connectivity index (χ0) is 17.3. The monoisotopic (exact) mass is 329 g/mol. The fourth-order valence-corrected chi connectivity index (χ4v) is 2.73. The Bertz CT molecular complexity index is 792. The Balaban J connectivity index is 1.79. The van der Waals surface area contributed by atoms with E-state index in [2.05, 4.69) is 10.6 Å². The molecule has 1 saturated carbocycles. The van der Waals surface area contributed by atoms with Gasteiger partial charge in [-0.1, -0.05) is 12.1 Å². The summed E-state index contributed by atoms with van der Waals surface area (Å²) in [7, 11) is 1.48. The Kier molecular flexibility index (Phi) is 4.16. The summed E-state index contributed by atoms with van der Waals surface area (Å²) in [6.45, 7) is 0. The molecule has 1 aliphatic carbocycles. The predicted molar refractivity (Wildman–Crippen MR) is 87.7 cm³/mol.